The molecule has 2 heterocycles. The first kappa shape index (κ1) is 11.5. The fourth-order valence-corrected chi connectivity index (χ4v) is 2.88. The van der Waals surface area contributed by atoms with Crippen molar-refractivity contribution in [2.75, 3.05) is 5.32 Å². The van der Waals surface area contributed by atoms with Crippen molar-refractivity contribution in [3.63, 3.8) is 0 Å². The number of hydrogen-bond donors (Lipinski definition) is 1. The van der Waals surface area contributed by atoms with Crippen LogP contribution in [0.25, 0.3) is 5.65 Å². The molecule has 0 saturated heterocycles. The molecule has 3 rings (SSSR count). The molecule has 1 N–H and O–H groups in total. The number of aromatic nitrogens is 3. The van der Waals surface area contributed by atoms with Crippen LogP contribution in [-0.2, 0) is 0 Å². The molecule has 2 aromatic heterocycles. The maximum absolute atomic E-state index is 4.56. The van der Waals surface area contributed by atoms with Gasteiger partial charge in [0.15, 0.2) is 5.65 Å². The van der Waals surface area contributed by atoms with Gasteiger partial charge in [-0.25, -0.2) is 4.52 Å². The molecule has 0 radical (unpaired) electrons. The van der Waals surface area contributed by atoms with Crippen molar-refractivity contribution in [1.29, 1.82) is 0 Å². The molecular formula is C14H20N4. The number of rotatable bonds is 3. The Morgan fingerprint density at radius 2 is 2.17 bits per heavy atom. The average molecular weight is 244 g/mol. The van der Waals surface area contributed by atoms with E-state index in [0.717, 1.165) is 23.1 Å². The highest BCUT2D eigenvalue weighted by atomic mass is 15.3. The summed E-state index contributed by atoms with van der Waals surface area (Å²) in [5.74, 6) is 1.53. The molecule has 4 heteroatoms. The van der Waals surface area contributed by atoms with Gasteiger partial charge in [0.1, 0.15) is 0 Å². The summed E-state index contributed by atoms with van der Waals surface area (Å²) in [6.07, 6.45) is 7.35. The standard InChI is InChI=1S/C14H20N4/c1-10-6-5-9-18-13(10)16-14(17-18)15-11(2)12-7-3-4-8-12/h5-6,9,11-12H,3-4,7-8H2,1-2H3,(H,15,17). The lowest BCUT2D eigenvalue weighted by Gasteiger charge is -2.18. The van der Waals surface area contributed by atoms with Crippen molar-refractivity contribution < 1.29 is 0 Å². The lowest BCUT2D eigenvalue weighted by molar-refractivity contribution is 0.480. The summed E-state index contributed by atoms with van der Waals surface area (Å²) >= 11 is 0. The topological polar surface area (TPSA) is 42.2 Å². The van der Waals surface area contributed by atoms with Crippen LogP contribution in [0.4, 0.5) is 5.95 Å². The van der Waals surface area contributed by atoms with E-state index in [9.17, 15) is 0 Å². The zero-order chi connectivity index (χ0) is 12.5. The summed E-state index contributed by atoms with van der Waals surface area (Å²) in [6.45, 7) is 4.31. The van der Waals surface area contributed by atoms with Gasteiger partial charge in [0.2, 0.25) is 5.95 Å². The number of anilines is 1. The Morgan fingerprint density at radius 3 is 2.89 bits per heavy atom. The zero-order valence-electron chi connectivity index (χ0n) is 11.1. The molecule has 0 bridgehead atoms. The van der Waals surface area contributed by atoms with Gasteiger partial charge in [-0.3, -0.25) is 0 Å². The smallest absolute Gasteiger partial charge is 0.243 e. The van der Waals surface area contributed by atoms with E-state index in [1.54, 1.807) is 0 Å². The van der Waals surface area contributed by atoms with Crippen LogP contribution in [0.2, 0.25) is 0 Å². The van der Waals surface area contributed by atoms with Crippen LogP contribution >= 0.6 is 0 Å². The molecule has 1 fully saturated rings. The fourth-order valence-electron chi connectivity index (χ4n) is 2.88. The lowest BCUT2D eigenvalue weighted by Crippen LogP contribution is -2.24. The van der Waals surface area contributed by atoms with Crippen molar-refractivity contribution in [3.05, 3.63) is 23.9 Å². The maximum Gasteiger partial charge on any atom is 0.243 e. The van der Waals surface area contributed by atoms with Crippen LogP contribution in [0.1, 0.15) is 38.2 Å². The third kappa shape index (κ3) is 2.07. The normalized spacial score (nSPS) is 18.3. The van der Waals surface area contributed by atoms with Gasteiger partial charge in [-0.05, 0) is 44.2 Å². The molecule has 0 aromatic carbocycles. The van der Waals surface area contributed by atoms with Crippen molar-refractivity contribution in [1.82, 2.24) is 14.6 Å². The predicted molar refractivity (Wildman–Crippen MR) is 72.8 cm³/mol. The first-order valence-corrected chi connectivity index (χ1v) is 6.82. The van der Waals surface area contributed by atoms with Crippen molar-refractivity contribution >= 4 is 11.6 Å². The van der Waals surface area contributed by atoms with Crippen LogP contribution < -0.4 is 5.32 Å². The van der Waals surface area contributed by atoms with E-state index in [1.807, 2.05) is 16.8 Å². The number of nitrogens with zero attached hydrogens (tertiary/aromatic N) is 3. The summed E-state index contributed by atoms with van der Waals surface area (Å²) in [4.78, 5) is 4.56. The highest BCUT2D eigenvalue weighted by Gasteiger charge is 2.22. The van der Waals surface area contributed by atoms with Crippen LogP contribution in [-0.4, -0.2) is 20.6 Å². The fraction of sp³-hybridized carbons (Fsp3) is 0.571. The largest absolute Gasteiger partial charge is 0.350 e. The Balaban J connectivity index is 1.80. The second kappa shape index (κ2) is 4.59. The molecule has 18 heavy (non-hydrogen) atoms. The van der Waals surface area contributed by atoms with E-state index >= 15 is 0 Å². The molecule has 2 aromatic rings. The van der Waals surface area contributed by atoms with E-state index < -0.39 is 0 Å². The van der Waals surface area contributed by atoms with E-state index in [-0.39, 0.29) is 0 Å². The molecular weight excluding hydrogens is 224 g/mol. The number of fused-ring (bicyclic) bond motifs is 1. The van der Waals surface area contributed by atoms with Gasteiger partial charge in [-0.2, -0.15) is 4.98 Å². The van der Waals surface area contributed by atoms with Crippen LogP contribution in [0.15, 0.2) is 18.3 Å². The second-order valence-corrected chi connectivity index (χ2v) is 5.37. The Bertz CT molecular complexity index is 540. The van der Waals surface area contributed by atoms with E-state index in [2.05, 4.69) is 35.3 Å². The molecule has 96 valence electrons. The third-order valence-corrected chi connectivity index (χ3v) is 4.02. The minimum absolute atomic E-state index is 0.463. The number of nitrogens with one attached hydrogen (secondary N) is 1. The zero-order valence-corrected chi connectivity index (χ0v) is 11.1. The highest BCUT2D eigenvalue weighted by molar-refractivity contribution is 5.49. The third-order valence-electron chi connectivity index (χ3n) is 4.02. The quantitative estimate of drug-likeness (QED) is 0.902. The number of hydrogen-bond acceptors (Lipinski definition) is 3. The van der Waals surface area contributed by atoms with Gasteiger partial charge in [-0.15, -0.1) is 5.10 Å². The molecule has 1 unspecified atom stereocenters. The van der Waals surface area contributed by atoms with Crippen molar-refractivity contribution in [2.45, 2.75) is 45.6 Å². The maximum atomic E-state index is 4.56. The summed E-state index contributed by atoms with van der Waals surface area (Å²) in [5, 5.41) is 7.94. The summed E-state index contributed by atoms with van der Waals surface area (Å²) in [6, 6.07) is 4.53. The Morgan fingerprint density at radius 1 is 1.39 bits per heavy atom. The van der Waals surface area contributed by atoms with Crippen molar-refractivity contribution in [2.24, 2.45) is 5.92 Å². The Hall–Kier alpha value is -1.58. The van der Waals surface area contributed by atoms with Crippen molar-refractivity contribution in [3.8, 4) is 0 Å². The predicted octanol–water partition coefficient (Wildman–Crippen LogP) is 3.03. The molecule has 0 amide bonds. The molecule has 4 nitrogen and oxygen atoms in total. The monoisotopic (exact) mass is 244 g/mol. The first-order valence-electron chi connectivity index (χ1n) is 6.82. The van der Waals surface area contributed by atoms with Gasteiger partial charge in [0, 0.05) is 12.2 Å². The minimum atomic E-state index is 0.463. The van der Waals surface area contributed by atoms with E-state index in [4.69, 9.17) is 0 Å². The average Bonchev–Trinajstić information content (AvgIpc) is 2.97. The van der Waals surface area contributed by atoms with Gasteiger partial charge in [0.05, 0.1) is 0 Å². The number of aryl methyl sites for hydroxylation is 1. The Labute approximate surface area is 107 Å². The molecule has 1 aliphatic carbocycles. The van der Waals surface area contributed by atoms with Crippen LogP contribution in [0.5, 0.6) is 0 Å². The molecule has 1 atom stereocenters. The van der Waals surface area contributed by atoms with E-state index in [1.165, 1.54) is 25.7 Å². The summed E-state index contributed by atoms with van der Waals surface area (Å²) in [5.41, 5.74) is 2.10. The molecule has 0 spiro atoms. The molecule has 1 aliphatic rings. The van der Waals surface area contributed by atoms with E-state index in [0.29, 0.717) is 6.04 Å². The van der Waals surface area contributed by atoms with Gasteiger partial charge < -0.3 is 5.32 Å². The van der Waals surface area contributed by atoms with Gasteiger partial charge in [0.25, 0.3) is 0 Å². The number of pyridine rings is 1. The van der Waals surface area contributed by atoms with Gasteiger partial charge in [-0.1, -0.05) is 18.9 Å². The Kier molecular flexibility index (Phi) is 2.94. The molecule has 1 saturated carbocycles. The first-order chi connectivity index (χ1) is 8.74. The summed E-state index contributed by atoms with van der Waals surface area (Å²) in [7, 11) is 0. The van der Waals surface area contributed by atoms with Crippen LogP contribution in [0, 0.1) is 12.8 Å². The highest BCUT2D eigenvalue weighted by Crippen LogP contribution is 2.28. The molecule has 0 aliphatic heterocycles. The van der Waals surface area contributed by atoms with Crippen LogP contribution in [0.3, 0.4) is 0 Å². The second-order valence-electron chi connectivity index (χ2n) is 5.37. The minimum Gasteiger partial charge on any atom is -0.350 e. The SMILES string of the molecule is Cc1cccn2nc(NC(C)C3CCCC3)nc12. The van der Waals surface area contributed by atoms with Gasteiger partial charge >= 0.3 is 0 Å². The lowest BCUT2D eigenvalue weighted by atomic mass is 10.0. The summed E-state index contributed by atoms with van der Waals surface area (Å²) < 4.78 is 1.85.